The Bertz CT molecular complexity index is 407. The smallest absolute Gasteiger partial charge is 0.305 e. The summed E-state index contributed by atoms with van der Waals surface area (Å²) in [6.45, 7) is 6.32. The van der Waals surface area contributed by atoms with E-state index in [1.165, 1.54) is 148 Å². The lowest BCUT2D eigenvalue weighted by atomic mass is 10.0. The van der Waals surface area contributed by atoms with E-state index in [-0.39, 0.29) is 19.2 Å². The molecule has 0 rings (SSSR count). The Morgan fingerprint density at radius 3 is 1.05 bits per heavy atom. The topological polar surface area (TPSA) is 66.8 Å². The number of aliphatic hydroxyl groups excluding tert-OH is 2. The predicted molar refractivity (Wildman–Crippen MR) is 161 cm³/mol. The van der Waals surface area contributed by atoms with Crippen LogP contribution < -0.4 is 0 Å². The van der Waals surface area contributed by atoms with Crippen LogP contribution in [-0.4, -0.2) is 35.5 Å². The highest BCUT2D eigenvalue weighted by atomic mass is 16.5. The number of carbonyl (C=O) groups excluding carboxylic acids is 1. The molecule has 37 heavy (non-hydrogen) atoms. The summed E-state index contributed by atoms with van der Waals surface area (Å²) in [6.07, 6.45) is 33.4. The van der Waals surface area contributed by atoms with Crippen LogP contribution in [0.15, 0.2) is 0 Å². The van der Waals surface area contributed by atoms with Crippen LogP contribution in [-0.2, 0) is 9.53 Å². The summed E-state index contributed by atoms with van der Waals surface area (Å²) in [4.78, 5) is 11.4. The lowest BCUT2D eigenvalue weighted by Crippen LogP contribution is -2.21. The molecule has 0 radical (unpaired) electrons. The Balaban J connectivity index is 0. The minimum atomic E-state index is -0.955. The summed E-state index contributed by atoms with van der Waals surface area (Å²) in [5.74, 6) is -0.274. The maximum absolute atomic E-state index is 11.4. The summed E-state index contributed by atoms with van der Waals surface area (Å²) < 4.78 is 4.88. The summed E-state index contributed by atoms with van der Waals surface area (Å²) in [6, 6.07) is 0. The molecule has 0 saturated heterocycles. The Morgan fingerprint density at radius 2 is 0.784 bits per heavy atom. The molecular weight excluding hydrogens is 460 g/mol. The van der Waals surface area contributed by atoms with Crippen molar-refractivity contribution >= 4 is 5.97 Å². The summed E-state index contributed by atoms with van der Waals surface area (Å²) in [5, 5.41) is 17.8. The molecule has 0 amide bonds. The van der Waals surface area contributed by atoms with Gasteiger partial charge < -0.3 is 14.9 Å². The average Bonchev–Trinajstić information content (AvgIpc) is 2.91. The minimum absolute atomic E-state index is 0.103. The van der Waals surface area contributed by atoms with E-state index in [4.69, 9.17) is 14.9 Å². The Kier molecular flexibility index (Phi) is 36.9. The van der Waals surface area contributed by atoms with Gasteiger partial charge in [-0.1, -0.05) is 175 Å². The monoisotopic (exact) mass is 529 g/mol. The van der Waals surface area contributed by atoms with Gasteiger partial charge >= 0.3 is 5.97 Å². The van der Waals surface area contributed by atoms with Crippen LogP contribution in [0.3, 0.4) is 0 Å². The molecule has 224 valence electrons. The van der Waals surface area contributed by atoms with Crippen molar-refractivity contribution in [3.05, 3.63) is 0 Å². The maximum atomic E-state index is 11.4. The van der Waals surface area contributed by atoms with Gasteiger partial charge in [-0.25, -0.2) is 0 Å². The van der Waals surface area contributed by atoms with Gasteiger partial charge in [0.05, 0.1) is 6.61 Å². The SMILES string of the molecule is CCCCCCCC.CCCCCCCCCCCCCCCCCCCCCC(=O)OCC(O)CO. The summed E-state index contributed by atoms with van der Waals surface area (Å²) in [5.41, 5.74) is 0. The van der Waals surface area contributed by atoms with E-state index in [1.54, 1.807) is 0 Å². The molecule has 0 aliphatic rings. The second-order valence-corrected chi connectivity index (χ2v) is 11.0. The van der Waals surface area contributed by atoms with E-state index in [0.717, 1.165) is 12.8 Å². The molecular formula is C33H68O4. The molecule has 0 aliphatic heterocycles. The summed E-state index contributed by atoms with van der Waals surface area (Å²) >= 11 is 0. The van der Waals surface area contributed by atoms with Crippen LogP contribution in [0, 0.1) is 0 Å². The van der Waals surface area contributed by atoms with Crippen LogP contribution in [0.5, 0.6) is 0 Å². The fourth-order valence-electron chi connectivity index (χ4n) is 4.52. The van der Waals surface area contributed by atoms with Crippen LogP contribution in [0.25, 0.3) is 0 Å². The first-order valence-corrected chi connectivity index (χ1v) is 16.6. The van der Waals surface area contributed by atoms with E-state index in [9.17, 15) is 4.79 Å². The van der Waals surface area contributed by atoms with Gasteiger partial charge in [-0.3, -0.25) is 4.79 Å². The standard InChI is InChI=1S/C25H50O4.C8H18/c1-2-3-4-5-6-7-8-9-10-11-12-13-14-15-16-17-18-19-20-21-25(28)29-23-24(27)22-26;1-3-5-7-8-6-4-2/h24,26-27H,2-23H2,1H3;3-8H2,1-2H3. The van der Waals surface area contributed by atoms with Crippen LogP contribution >= 0.6 is 0 Å². The van der Waals surface area contributed by atoms with E-state index < -0.39 is 6.10 Å². The van der Waals surface area contributed by atoms with Crippen molar-refractivity contribution in [2.24, 2.45) is 0 Å². The molecule has 4 nitrogen and oxygen atoms in total. The second-order valence-electron chi connectivity index (χ2n) is 11.0. The predicted octanol–water partition coefficient (Wildman–Crippen LogP) is 10.1. The highest BCUT2D eigenvalue weighted by Crippen LogP contribution is 2.15. The van der Waals surface area contributed by atoms with Crippen molar-refractivity contribution in [3.63, 3.8) is 0 Å². The van der Waals surface area contributed by atoms with Gasteiger partial charge in [0.25, 0.3) is 0 Å². The second kappa shape index (κ2) is 35.4. The Hall–Kier alpha value is -0.610. The molecule has 0 heterocycles. The molecule has 1 unspecified atom stereocenters. The average molecular weight is 529 g/mol. The molecule has 0 aromatic heterocycles. The number of aliphatic hydroxyl groups is 2. The van der Waals surface area contributed by atoms with Crippen molar-refractivity contribution in [1.29, 1.82) is 0 Å². The van der Waals surface area contributed by atoms with Crippen molar-refractivity contribution in [2.75, 3.05) is 13.2 Å². The van der Waals surface area contributed by atoms with Gasteiger partial charge in [0, 0.05) is 6.42 Å². The zero-order chi connectivity index (χ0) is 27.7. The molecule has 0 saturated carbocycles. The maximum Gasteiger partial charge on any atom is 0.305 e. The van der Waals surface area contributed by atoms with E-state index in [2.05, 4.69) is 20.8 Å². The van der Waals surface area contributed by atoms with Crippen molar-refractivity contribution < 1.29 is 19.7 Å². The number of hydrogen-bond acceptors (Lipinski definition) is 4. The zero-order valence-corrected chi connectivity index (χ0v) is 25.6. The van der Waals surface area contributed by atoms with Crippen molar-refractivity contribution in [2.45, 2.75) is 194 Å². The van der Waals surface area contributed by atoms with E-state index >= 15 is 0 Å². The third-order valence-corrected chi connectivity index (χ3v) is 7.09. The molecule has 0 aromatic rings. The van der Waals surface area contributed by atoms with Crippen molar-refractivity contribution in [3.8, 4) is 0 Å². The van der Waals surface area contributed by atoms with E-state index in [0.29, 0.717) is 6.42 Å². The lowest BCUT2D eigenvalue weighted by molar-refractivity contribution is -0.147. The normalized spacial score (nSPS) is 11.7. The molecule has 0 aliphatic carbocycles. The van der Waals surface area contributed by atoms with Crippen molar-refractivity contribution in [1.82, 2.24) is 0 Å². The quantitative estimate of drug-likeness (QED) is 0.0783. The molecule has 0 aromatic carbocycles. The third-order valence-electron chi connectivity index (χ3n) is 7.09. The van der Waals surface area contributed by atoms with Gasteiger partial charge in [-0.05, 0) is 6.42 Å². The van der Waals surface area contributed by atoms with Crippen LogP contribution in [0.4, 0.5) is 0 Å². The molecule has 4 heteroatoms. The first-order valence-electron chi connectivity index (χ1n) is 16.6. The molecule has 0 spiro atoms. The zero-order valence-electron chi connectivity index (χ0n) is 25.6. The Morgan fingerprint density at radius 1 is 0.514 bits per heavy atom. The highest BCUT2D eigenvalue weighted by molar-refractivity contribution is 5.69. The Labute approximate surface area is 232 Å². The van der Waals surface area contributed by atoms with Gasteiger partial charge in [-0.2, -0.15) is 0 Å². The molecule has 1 atom stereocenters. The van der Waals surface area contributed by atoms with Gasteiger partial charge in [0.2, 0.25) is 0 Å². The lowest BCUT2D eigenvalue weighted by Gasteiger charge is -2.08. The number of carbonyl (C=O) groups is 1. The fraction of sp³-hybridized carbons (Fsp3) is 0.970. The van der Waals surface area contributed by atoms with Crippen LogP contribution in [0.1, 0.15) is 188 Å². The van der Waals surface area contributed by atoms with Crippen LogP contribution in [0.2, 0.25) is 0 Å². The van der Waals surface area contributed by atoms with Gasteiger partial charge in [-0.15, -0.1) is 0 Å². The number of unbranched alkanes of at least 4 members (excludes halogenated alkanes) is 23. The largest absolute Gasteiger partial charge is 0.463 e. The first kappa shape index (κ1) is 38.5. The van der Waals surface area contributed by atoms with E-state index in [1.807, 2.05) is 0 Å². The van der Waals surface area contributed by atoms with Gasteiger partial charge in [0.1, 0.15) is 12.7 Å². The number of ether oxygens (including phenoxy) is 1. The first-order chi connectivity index (χ1) is 18.1. The minimum Gasteiger partial charge on any atom is -0.463 e. The summed E-state index contributed by atoms with van der Waals surface area (Å²) in [7, 11) is 0. The highest BCUT2D eigenvalue weighted by Gasteiger charge is 2.07. The number of esters is 1. The fourth-order valence-corrected chi connectivity index (χ4v) is 4.52. The molecule has 0 fully saturated rings. The molecule has 0 bridgehead atoms. The third kappa shape index (κ3) is 37.6. The number of hydrogen-bond donors (Lipinski definition) is 2. The molecule has 2 N–H and O–H groups in total. The number of rotatable bonds is 28. The van der Waals surface area contributed by atoms with Gasteiger partial charge in [0.15, 0.2) is 0 Å².